The summed E-state index contributed by atoms with van der Waals surface area (Å²) < 4.78 is 8.22. The molecule has 0 aliphatic heterocycles. The molecule has 3 aromatic heterocycles. The minimum absolute atomic E-state index is 0.0816. The highest BCUT2D eigenvalue weighted by Crippen LogP contribution is 2.41. The molecule has 36 heavy (non-hydrogen) atoms. The van der Waals surface area contributed by atoms with Gasteiger partial charge in [0.15, 0.2) is 11.2 Å². The molecule has 0 atom stereocenters. The van der Waals surface area contributed by atoms with Crippen molar-refractivity contribution in [2.45, 2.75) is 51.7 Å². The Labute approximate surface area is 215 Å². The Kier molecular flexibility index (Phi) is 6.38. The van der Waals surface area contributed by atoms with E-state index in [0.29, 0.717) is 47.3 Å². The number of halogens is 1. The summed E-state index contributed by atoms with van der Waals surface area (Å²) in [4.78, 5) is 32.1. The van der Waals surface area contributed by atoms with Crippen LogP contribution in [0.25, 0.3) is 22.6 Å². The lowest BCUT2D eigenvalue weighted by molar-refractivity contribution is -0.128. The molecule has 1 saturated carbocycles. The molecule has 1 fully saturated rings. The van der Waals surface area contributed by atoms with Crippen LogP contribution in [0.5, 0.6) is 5.88 Å². The smallest absolute Gasteiger partial charge is 0.245 e. The second-order valence-electron chi connectivity index (χ2n) is 9.85. The van der Waals surface area contributed by atoms with Crippen LogP contribution in [0, 0.1) is 6.92 Å². The predicted octanol–water partition coefficient (Wildman–Crippen LogP) is 4.85. The minimum Gasteiger partial charge on any atom is -0.470 e. The monoisotopic (exact) mass is 504 g/mol. The van der Waals surface area contributed by atoms with Gasteiger partial charge in [0, 0.05) is 32.3 Å². The van der Waals surface area contributed by atoms with Crippen LogP contribution in [0.1, 0.15) is 43.0 Å². The summed E-state index contributed by atoms with van der Waals surface area (Å²) in [6, 6.07) is 9.87. The van der Waals surface area contributed by atoms with Crippen LogP contribution in [-0.4, -0.2) is 55.0 Å². The van der Waals surface area contributed by atoms with Crippen molar-refractivity contribution >= 4 is 28.7 Å². The Morgan fingerprint density at radius 3 is 2.67 bits per heavy atom. The lowest BCUT2D eigenvalue weighted by atomic mass is 10.1. The molecule has 0 bridgehead atoms. The molecule has 1 aliphatic rings. The summed E-state index contributed by atoms with van der Waals surface area (Å²) in [5, 5.41) is 0.558. The summed E-state index contributed by atoms with van der Waals surface area (Å²) >= 11 is 6.79. The van der Waals surface area contributed by atoms with Crippen LogP contribution in [0.3, 0.4) is 0 Å². The zero-order chi connectivity index (χ0) is 25.4. The molecule has 9 heteroatoms. The van der Waals surface area contributed by atoms with E-state index in [1.165, 1.54) is 6.33 Å². The van der Waals surface area contributed by atoms with E-state index in [0.717, 1.165) is 35.2 Å². The number of nitrogens with zero attached hydrogens (tertiary/aromatic N) is 6. The fraction of sp³-hybridized carbons (Fsp3) is 0.370. The number of carbonyl (C=O) groups is 1. The van der Waals surface area contributed by atoms with Crippen LogP contribution in [0.2, 0.25) is 5.02 Å². The van der Waals surface area contributed by atoms with E-state index in [1.54, 1.807) is 25.2 Å². The van der Waals surface area contributed by atoms with Gasteiger partial charge in [-0.05, 0) is 68.5 Å². The maximum absolute atomic E-state index is 12.0. The Morgan fingerprint density at radius 1 is 1.17 bits per heavy atom. The van der Waals surface area contributed by atoms with Gasteiger partial charge in [0.05, 0.1) is 17.3 Å². The van der Waals surface area contributed by atoms with E-state index >= 15 is 0 Å². The van der Waals surface area contributed by atoms with Crippen molar-refractivity contribution in [2.24, 2.45) is 0 Å². The molecule has 4 aromatic rings. The number of imidazole rings is 1. The number of hydrogen-bond acceptors (Lipinski definition) is 6. The lowest BCUT2D eigenvalue weighted by Gasteiger charge is -2.12. The van der Waals surface area contributed by atoms with E-state index in [-0.39, 0.29) is 11.5 Å². The molecule has 5 rings (SSSR count). The molecular weight excluding hydrogens is 476 g/mol. The van der Waals surface area contributed by atoms with E-state index in [2.05, 4.69) is 21.9 Å². The summed E-state index contributed by atoms with van der Waals surface area (Å²) in [5.74, 6) is 1.23. The van der Waals surface area contributed by atoms with Crippen LogP contribution in [0.15, 0.2) is 42.9 Å². The van der Waals surface area contributed by atoms with Crippen molar-refractivity contribution < 1.29 is 9.53 Å². The zero-order valence-corrected chi connectivity index (χ0v) is 21.7. The maximum atomic E-state index is 12.0. The first kappa shape index (κ1) is 24.2. The first-order chi connectivity index (χ1) is 17.2. The summed E-state index contributed by atoms with van der Waals surface area (Å²) in [6.07, 6.45) is 6.34. The van der Waals surface area contributed by atoms with Gasteiger partial charge < -0.3 is 14.2 Å². The highest BCUT2D eigenvalue weighted by Gasteiger charge is 2.41. The molecule has 1 aliphatic carbocycles. The molecule has 1 aromatic carbocycles. The van der Waals surface area contributed by atoms with Gasteiger partial charge in [-0.3, -0.25) is 9.78 Å². The fourth-order valence-corrected chi connectivity index (χ4v) is 4.36. The zero-order valence-electron chi connectivity index (χ0n) is 21.0. The van der Waals surface area contributed by atoms with Crippen molar-refractivity contribution in [1.29, 1.82) is 0 Å². The summed E-state index contributed by atoms with van der Waals surface area (Å²) in [5.41, 5.74) is 4.85. The fourth-order valence-electron chi connectivity index (χ4n) is 4.07. The van der Waals surface area contributed by atoms with Crippen molar-refractivity contribution in [3.05, 3.63) is 64.7 Å². The van der Waals surface area contributed by atoms with Gasteiger partial charge in [0.2, 0.25) is 11.8 Å². The number of hydrogen-bond donors (Lipinski definition) is 0. The van der Waals surface area contributed by atoms with Crippen LogP contribution >= 0.6 is 11.6 Å². The number of fused-ring (bicyclic) bond motifs is 1. The van der Waals surface area contributed by atoms with Gasteiger partial charge in [-0.25, -0.2) is 9.97 Å². The van der Waals surface area contributed by atoms with Gasteiger partial charge in [0.1, 0.15) is 17.8 Å². The number of carbonyl (C=O) groups excluding carboxylic acids is 1. The predicted molar refractivity (Wildman–Crippen MR) is 139 cm³/mol. The number of benzene rings is 1. The third-order valence-electron chi connectivity index (χ3n) is 6.49. The number of aryl methyl sites for hydroxylation is 2. The lowest BCUT2D eigenvalue weighted by Crippen LogP contribution is -2.21. The third kappa shape index (κ3) is 5.04. The molecule has 3 heterocycles. The first-order valence-corrected chi connectivity index (χ1v) is 12.4. The maximum Gasteiger partial charge on any atom is 0.245 e. The van der Waals surface area contributed by atoms with Crippen LogP contribution < -0.4 is 4.74 Å². The SMILES string of the molecule is Cc1ccnc(Cn2c(-c3ccc(CCC(=O)N(C)C)cc3Cl)nc3c(OC4(C)CC4)ncnc32)c1. The van der Waals surface area contributed by atoms with E-state index in [1.807, 2.05) is 41.8 Å². The van der Waals surface area contributed by atoms with E-state index < -0.39 is 0 Å². The van der Waals surface area contributed by atoms with Crippen molar-refractivity contribution in [1.82, 2.24) is 29.4 Å². The summed E-state index contributed by atoms with van der Waals surface area (Å²) in [7, 11) is 3.52. The highest BCUT2D eigenvalue weighted by molar-refractivity contribution is 6.33. The van der Waals surface area contributed by atoms with Crippen LogP contribution in [0.4, 0.5) is 0 Å². The topological polar surface area (TPSA) is 86.0 Å². The van der Waals surface area contributed by atoms with E-state index in [4.69, 9.17) is 21.3 Å². The molecule has 186 valence electrons. The van der Waals surface area contributed by atoms with Crippen molar-refractivity contribution in [3.8, 4) is 17.3 Å². The number of rotatable bonds is 8. The van der Waals surface area contributed by atoms with Gasteiger partial charge in [-0.2, -0.15) is 4.98 Å². The molecule has 0 unspecified atom stereocenters. The van der Waals surface area contributed by atoms with Gasteiger partial charge in [-0.1, -0.05) is 17.7 Å². The Bertz CT molecular complexity index is 1440. The summed E-state index contributed by atoms with van der Waals surface area (Å²) in [6.45, 7) is 4.59. The second-order valence-corrected chi connectivity index (χ2v) is 10.3. The Morgan fingerprint density at radius 2 is 1.97 bits per heavy atom. The van der Waals surface area contributed by atoms with Gasteiger partial charge >= 0.3 is 0 Å². The van der Waals surface area contributed by atoms with Crippen molar-refractivity contribution in [2.75, 3.05) is 14.1 Å². The number of ether oxygens (including phenoxy) is 1. The molecular formula is C27H29ClN6O2. The van der Waals surface area contributed by atoms with E-state index in [9.17, 15) is 4.79 Å². The first-order valence-electron chi connectivity index (χ1n) is 12.0. The molecule has 0 spiro atoms. The second kappa shape index (κ2) is 9.50. The van der Waals surface area contributed by atoms with Crippen LogP contribution in [-0.2, 0) is 17.8 Å². The Balaban J connectivity index is 1.57. The molecule has 0 radical (unpaired) electrons. The molecule has 1 amide bonds. The number of amides is 1. The largest absolute Gasteiger partial charge is 0.470 e. The normalized spacial score (nSPS) is 14.1. The minimum atomic E-state index is -0.202. The number of aromatic nitrogens is 5. The standard InChI is InChI=1S/C27H29ClN6O2/c1-17-9-12-29-19(13-17)15-34-24(20-7-5-18(14-21(20)28)6-8-22(35)33(3)4)32-23-25(34)30-16-31-26(23)36-27(2)10-11-27/h5,7,9,12-14,16H,6,8,10-11,15H2,1-4H3. The molecule has 0 N–H and O–H groups in total. The number of pyridine rings is 1. The Hall–Kier alpha value is -3.52. The average molecular weight is 505 g/mol. The molecule has 8 nitrogen and oxygen atoms in total. The highest BCUT2D eigenvalue weighted by atomic mass is 35.5. The van der Waals surface area contributed by atoms with Gasteiger partial charge in [0.25, 0.3) is 0 Å². The quantitative estimate of drug-likeness (QED) is 0.341. The van der Waals surface area contributed by atoms with Crippen molar-refractivity contribution in [3.63, 3.8) is 0 Å². The molecule has 0 saturated heterocycles. The third-order valence-corrected chi connectivity index (χ3v) is 6.80. The van der Waals surface area contributed by atoms with Gasteiger partial charge in [-0.15, -0.1) is 0 Å². The average Bonchev–Trinajstić information content (AvgIpc) is 3.46.